The molecule has 0 fully saturated rings. The first kappa shape index (κ1) is 13.3. The van der Waals surface area contributed by atoms with Gasteiger partial charge in [0.05, 0.1) is 11.4 Å². The van der Waals surface area contributed by atoms with Crippen LogP contribution in [0.4, 0.5) is 16.6 Å². The lowest BCUT2D eigenvalue weighted by molar-refractivity contribution is 0.103. The van der Waals surface area contributed by atoms with E-state index in [2.05, 4.69) is 15.4 Å². The van der Waals surface area contributed by atoms with Crippen LogP contribution < -0.4 is 16.0 Å². The van der Waals surface area contributed by atoms with Gasteiger partial charge in [0.15, 0.2) is 5.13 Å². The summed E-state index contributed by atoms with van der Waals surface area (Å²) in [7, 11) is 5.50. The number of hydrogen-bond donors (Lipinski definition) is 2. The van der Waals surface area contributed by atoms with Crippen molar-refractivity contribution in [3.8, 4) is 0 Å². The zero-order valence-corrected chi connectivity index (χ0v) is 12.1. The molecule has 0 aliphatic heterocycles. The molecule has 0 aromatic carbocycles. The number of nitrogens with zero attached hydrogens (tertiary/aromatic N) is 4. The number of nitrogens with one attached hydrogen (secondary N) is 1. The van der Waals surface area contributed by atoms with Crippen molar-refractivity contribution in [2.75, 3.05) is 30.0 Å². The number of carbonyl (C=O) groups is 1. The van der Waals surface area contributed by atoms with Gasteiger partial charge < -0.3 is 16.0 Å². The number of aromatic nitrogens is 3. The Morgan fingerprint density at radius 3 is 2.68 bits per heavy atom. The number of thiazole rings is 1. The first-order chi connectivity index (χ1) is 8.88. The van der Waals surface area contributed by atoms with E-state index in [4.69, 9.17) is 5.73 Å². The molecule has 0 spiro atoms. The molecule has 2 rings (SSSR count). The molecule has 2 aromatic heterocycles. The van der Waals surface area contributed by atoms with Gasteiger partial charge in [0.1, 0.15) is 10.7 Å². The molecule has 0 radical (unpaired) electrons. The molecule has 1 amide bonds. The highest BCUT2D eigenvalue weighted by Crippen LogP contribution is 2.27. The molecule has 7 nitrogen and oxygen atoms in total. The number of anilines is 3. The first-order valence-electron chi connectivity index (χ1n) is 5.63. The molecule has 0 unspecified atom stereocenters. The van der Waals surface area contributed by atoms with Crippen LogP contribution in [0.15, 0.2) is 6.20 Å². The molecule has 3 N–H and O–H groups in total. The van der Waals surface area contributed by atoms with Crippen LogP contribution in [-0.4, -0.2) is 34.8 Å². The third kappa shape index (κ3) is 2.68. The number of hydrogen-bond acceptors (Lipinski definition) is 6. The SMILES string of the molecule is Cc1nn(C)cc1NC(=O)c1sc(N(C)C)nc1N. The molecule has 8 heteroatoms. The molecule has 19 heavy (non-hydrogen) atoms. The van der Waals surface area contributed by atoms with E-state index < -0.39 is 0 Å². The summed E-state index contributed by atoms with van der Waals surface area (Å²) < 4.78 is 1.65. The summed E-state index contributed by atoms with van der Waals surface area (Å²) in [5.74, 6) is -0.0213. The van der Waals surface area contributed by atoms with Crippen LogP contribution in [0.1, 0.15) is 15.4 Å². The smallest absolute Gasteiger partial charge is 0.269 e. The minimum atomic E-state index is -0.265. The maximum absolute atomic E-state index is 12.2. The lowest BCUT2D eigenvalue weighted by Gasteiger charge is -2.05. The van der Waals surface area contributed by atoms with E-state index in [0.717, 1.165) is 5.69 Å². The number of nitrogens with two attached hydrogens (primary N) is 1. The summed E-state index contributed by atoms with van der Waals surface area (Å²) >= 11 is 1.26. The van der Waals surface area contributed by atoms with Crippen LogP contribution in [0.5, 0.6) is 0 Å². The van der Waals surface area contributed by atoms with Gasteiger partial charge in [-0.1, -0.05) is 11.3 Å². The van der Waals surface area contributed by atoms with Gasteiger partial charge in [-0.3, -0.25) is 9.48 Å². The fourth-order valence-electron chi connectivity index (χ4n) is 1.58. The van der Waals surface area contributed by atoms with Gasteiger partial charge in [0, 0.05) is 27.3 Å². The van der Waals surface area contributed by atoms with Gasteiger partial charge in [-0.15, -0.1) is 0 Å². The van der Waals surface area contributed by atoms with Gasteiger partial charge in [-0.05, 0) is 6.92 Å². The van der Waals surface area contributed by atoms with E-state index in [0.29, 0.717) is 15.7 Å². The molecule has 2 aromatic rings. The zero-order valence-electron chi connectivity index (χ0n) is 11.3. The second-order valence-corrected chi connectivity index (χ2v) is 5.34. The summed E-state index contributed by atoms with van der Waals surface area (Å²) in [4.78, 5) is 18.5. The third-order valence-electron chi connectivity index (χ3n) is 2.49. The number of rotatable bonds is 3. The summed E-state index contributed by atoms with van der Waals surface area (Å²) in [6, 6.07) is 0. The Morgan fingerprint density at radius 2 is 2.21 bits per heavy atom. The third-order valence-corrected chi connectivity index (χ3v) is 3.73. The normalized spacial score (nSPS) is 10.5. The van der Waals surface area contributed by atoms with Crippen molar-refractivity contribution in [1.29, 1.82) is 0 Å². The van der Waals surface area contributed by atoms with Crippen molar-refractivity contribution in [2.24, 2.45) is 7.05 Å². The standard InChI is InChI=1S/C11H16N6OS/c1-6-7(5-17(4)15-6)13-10(18)8-9(12)14-11(19-8)16(2)3/h5H,12H2,1-4H3,(H,13,18). The monoisotopic (exact) mass is 280 g/mol. The highest BCUT2D eigenvalue weighted by atomic mass is 32.1. The van der Waals surface area contributed by atoms with Crippen LogP contribution in [-0.2, 0) is 7.05 Å². The Hall–Kier alpha value is -2.09. The van der Waals surface area contributed by atoms with Gasteiger partial charge >= 0.3 is 0 Å². The predicted molar refractivity (Wildman–Crippen MR) is 76.8 cm³/mol. The fraction of sp³-hybridized carbons (Fsp3) is 0.364. The minimum absolute atomic E-state index is 0.243. The molecular formula is C11H16N6OS. The second kappa shape index (κ2) is 4.88. The Balaban J connectivity index is 2.23. The van der Waals surface area contributed by atoms with E-state index in [1.807, 2.05) is 25.9 Å². The zero-order chi connectivity index (χ0) is 14.2. The Labute approximate surface area is 115 Å². The van der Waals surface area contributed by atoms with Crippen LogP contribution in [0.3, 0.4) is 0 Å². The number of aryl methyl sites for hydroxylation is 2. The van der Waals surface area contributed by atoms with Crippen LogP contribution in [0.2, 0.25) is 0 Å². The average Bonchev–Trinajstić information content (AvgIpc) is 2.83. The van der Waals surface area contributed by atoms with Gasteiger partial charge in [-0.25, -0.2) is 4.98 Å². The van der Waals surface area contributed by atoms with Gasteiger partial charge in [-0.2, -0.15) is 5.10 Å². The molecule has 0 saturated heterocycles. The van der Waals surface area contributed by atoms with E-state index in [1.165, 1.54) is 11.3 Å². The van der Waals surface area contributed by atoms with Crippen molar-refractivity contribution in [3.63, 3.8) is 0 Å². The Kier molecular flexibility index (Phi) is 3.43. The maximum Gasteiger partial charge on any atom is 0.269 e. The molecule has 0 bridgehead atoms. The quantitative estimate of drug-likeness (QED) is 0.878. The van der Waals surface area contributed by atoms with E-state index in [-0.39, 0.29) is 11.7 Å². The van der Waals surface area contributed by atoms with E-state index in [9.17, 15) is 4.79 Å². The molecule has 2 heterocycles. The Bertz CT molecular complexity index is 615. The number of amides is 1. The molecular weight excluding hydrogens is 264 g/mol. The molecule has 102 valence electrons. The van der Waals surface area contributed by atoms with Crippen LogP contribution in [0.25, 0.3) is 0 Å². The summed E-state index contributed by atoms with van der Waals surface area (Å²) in [5, 5.41) is 7.65. The molecule has 0 saturated carbocycles. The van der Waals surface area contributed by atoms with Crippen LogP contribution in [0, 0.1) is 6.92 Å². The topological polar surface area (TPSA) is 89.1 Å². The van der Waals surface area contributed by atoms with E-state index in [1.54, 1.807) is 17.9 Å². The largest absolute Gasteiger partial charge is 0.382 e. The predicted octanol–water partition coefficient (Wildman–Crippen LogP) is 1.09. The summed E-state index contributed by atoms with van der Waals surface area (Å²) in [6.45, 7) is 1.83. The Morgan fingerprint density at radius 1 is 1.53 bits per heavy atom. The maximum atomic E-state index is 12.2. The highest BCUT2D eigenvalue weighted by Gasteiger charge is 2.18. The molecule has 0 atom stereocenters. The number of carbonyl (C=O) groups excluding carboxylic acids is 1. The highest BCUT2D eigenvalue weighted by molar-refractivity contribution is 7.18. The first-order valence-corrected chi connectivity index (χ1v) is 6.45. The minimum Gasteiger partial charge on any atom is -0.382 e. The van der Waals surface area contributed by atoms with Crippen LogP contribution >= 0.6 is 11.3 Å². The van der Waals surface area contributed by atoms with Gasteiger partial charge in [0.2, 0.25) is 0 Å². The van der Waals surface area contributed by atoms with E-state index >= 15 is 0 Å². The summed E-state index contributed by atoms with van der Waals surface area (Å²) in [6.07, 6.45) is 1.75. The van der Waals surface area contributed by atoms with Crippen molar-refractivity contribution >= 4 is 33.9 Å². The van der Waals surface area contributed by atoms with Crippen molar-refractivity contribution in [1.82, 2.24) is 14.8 Å². The lowest BCUT2D eigenvalue weighted by atomic mass is 10.4. The molecule has 0 aliphatic carbocycles. The van der Waals surface area contributed by atoms with Crippen molar-refractivity contribution < 1.29 is 4.79 Å². The molecule has 0 aliphatic rings. The fourth-order valence-corrected chi connectivity index (χ4v) is 2.38. The number of nitrogen functional groups attached to an aromatic ring is 1. The van der Waals surface area contributed by atoms with Crippen molar-refractivity contribution in [2.45, 2.75) is 6.92 Å². The van der Waals surface area contributed by atoms with Crippen molar-refractivity contribution in [3.05, 3.63) is 16.8 Å². The lowest BCUT2D eigenvalue weighted by Crippen LogP contribution is -2.12. The average molecular weight is 280 g/mol. The van der Waals surface area contributed by atoms with Gasteiger partial charge in [0.25, 0.3) is 5.91 Å². The second-order valence-electron chi connectivity index (χ2n) is 4.36. The summed E-state index contributed by atoms with van der Waals surface area (Å²) in [5.41, 5.74) is 7.20.